The van der Waals surface area contributed by atoms with Crippen molar-refractivity contribution in [2.45, 2.75) is 19.3 Å². The summed E-state index contributed by atoms with van der Waals surface area (Å²) in [4.78, 5) is 0. The molecule has 3 aliphatic carbocycles. The zero-order valence-electron chi connectivity index (χ0n) is 7.25. The molecule has 4 atom stereocenters. The van der Waals surface area contributed by atoms with Crippen molar-refractivity contribution in [3.05, 3.63) is 12.2 Å². The van der Waals surface area contributed by atoms with Crippen molar-refractivity contribution in [2.24, 2.45) is 29.6 Å². The molecule has 12 heavy (non-hydrogen) atoms. The fourth-order valence-corrected chi connectivity index (χ4v) is 3.97. The lowest BCUT2D eigenvalue weighted by Crippen LogP contribution is -2.12. The number of allylic oxidation sites excluding steroid dienone is 2. The highest BCUT2D eigenvalue weighted by Crippen LogP contribution is 2.57. The van der Waals surface area contributed by atoms with E-state index in [-0.39, 0.29) is 0 Å². The molecule has 1 heteroatoms. The van der Waals surface area contributed by atoms with E-state index in [9.17, 15) is 0 Å². The molecule has 2 saturated carbocycles. The predicted octanol–water partition coefficient (Wildman–Crippen LogP) is 3.07. The van der Waals surface area contributed by atoms with E-state index in [0.717, 1.165) is 35.5 Å². The third kappa shape index (κ3) is 0.849. The SMILES string of the molecule is ClCC1CC2C3C=CC(C3)C2C1. The predicted molar refractivity (Wildman–Crippen MR) is 51.2 cm³/mol. The first-order chi connectivity index (χ1) is 5.88. The maximum absolute atomic E-state index is 5.91. The summed E-state index contributed by atoms with van der Waals surface area (Å²) < 4.78 is 0. The van der Waals surface area contributed by atoms with Crippen LogP contribution in [-0.2, 0) is 0 Å². The summed E-state index contributed by atoms with van der Waals surface area (Å²) in [7, 11) is 0. The third-order valence-electron chi connectivity index (χ3n) is 4.23. The van der Waals surface area contributed by atoms with Crippen LogP contribution in [0.2, 0.25) is 0 Å². The molecule has 3 rings (SSSR count). The Labute approximate surface area is 79.0 Å². The van der Waals surface area contributed by atoms with Gasteiger partial charge in [0.15, 0.2) is 0 Å². The molecule has 0 aliphatic heterocycles. The van der Waals surface area contributed by atoms with Crippen LogP contribution >= 0.6 is 11.6 Å². The summed E-state index contributed by atoms with van der Waals surface area (Å²) in [5.74, 6) is 5.65. The molecule has 4 unspecified atom stereocenters. The van der Waals surface area contributed by atoms with Gasteiger partial charge >= 0.3 is 0 Å². The maximum Gasteiger partial charge on any atom is 0.0251 e. The first-order valence-corrected chi connectivity index (χ1v) is 5.66. The number of fused-ring (bicyclic) bond motifs is 5. The molecule has 0 amide bonds. The van der Waals surface area contributed by atoms with Crippen LogP contribution in [0.3, 0.4) is 0 Å². The molecule has 66 valence electrons. The minimum absolute atomic E-state index is 0.840. The minimum atomic E-state index is 0.840. The quantitative estimate of drug-likeness (QED) is 0.432. The van der Waals surface area contributed by atoms with E-state index in [4.69, 9.17) is 11.6 Å². The molecule has 3 aliphatic rings. The Kier molecular flexibility index (Phi) is 1.55. The third-order valence-corrected chi connectivity index (χ3v) is 4.67. The Hall–Kier alpha value is 0.0300. The molecule has 0 saturated heterocycles. The first kappa shape index (κ1) is 7.44. The fraction of sp³-hybridized carbons (Fsp3) is 0.818. The molecular weight excluding hydrogens is 168 g/mol. The highest BCUT2D eigenvalue weighted by Gasteiger charge is 2.49. The van der Waals surface area contributed by atoms with Gasteiger partial charge in [0, 0.05) is 5.88 Å². The molecule has 2 bridgehead atoms. The van der Waals surface area contributed by atoms with Crippen molar-refractivity contribution in [2.75, 3.05) is 5.88 Å². The standard InChI is InChI=1S/C11H15Cl/c12-6-7-3-10-8-1-2-9(5-8)11(10)4-7/h1-2,7-11H,3-6H2. The van der Waals surface area contributed by atoms with Gasteiger partial charge in [0.2, 0.25) is 0 Å². The number of hydrogen-bond donors (Lipinski definition) is 0. The zero-order valence-corrected chi connectivity index (χ0v) is 8.00. The molecule has 0 heterocycles. The second-order valence-electron chi connectivity index (χ2n) is 4.77. The summed E-state index contributed by atoms with van der Waals surface area (Å²) in [6, 6.07) is 0. The van der Waals surface area contributed by atoms with Crippen LogP contribution in [0.5, 0.6) is 0 Å². The van der Waals surface area contributed by atoms with Crippen molar-refractivity contribution >= 4 is 11.6 Å². The van der Waals surface area contributed by atoms with Gasteiger partial charge in [-0.15, -0.1) is 11.6 Å². The molecule has 0 N–H and O–H groups in total. The van der Waals surface area contributed by atoms with E-state index >= 15 is 0 Å². The van der Waals surface area contributed by atoms with Crippen molar-refractivity contribution in [1.29, 1.82) is 0 Å². The van der Waals surface area contributed by atoms with Gasteiger partial charge in [-0.25, -0.2) is 0 Å². The molecule has 0 aromatic heterocycles. The van der Waals surface area contributed by atoms with Crippen LogP contribution in [-0.4, -0.2) is 5.88 Å². The number of halogens is 1. The second kappa shape index (κ2) is 2.51. The lowest BCUT2D eigenvalue weighted by Gasteiger charge is -2.19. The van der Waals surface area contributed by atoms with E-state index in [1.807, 2.05) is 0 Å². The van der Waals surface area contributed by atoms with Crippen LogP contribution in [0.4, 0.5) is 0 Å². The average molecular weight is 183 g/mol. The normalized spacial score (nSPS) is 54.9. The Bertz CT molecular complexity index is 201. The topological polar surface area (TPSA) is 0 Å². The van der Waals surface area contributed by atoms with Gasteiger partial charge in [0.05, 0.1) is 0 Å². The van der Waals surface area contributed by atoms with Gasteiger partial charge in [-0.2, -0.15) is 0 Å². The summed E-state index contributed by atoms with van der Waals surface area (Å²) in [5.41, 5.74) is 0. The van der Waals surface area contributed by atoms with Crippen LogP contribution in [0.1, 0.15) is 19.3 Å². The average Bonchev–Trinajstić information content (AvgIpc) is 2.75. The Morgan fingerprint density at radius 1 is 1.00 bits per heavy atom. The Morgan fingerprint density at radius 2 is 1.58 bits per heavy atom. The van der Waals surface area contributed by atoms with Gasteiger partial charge in [-0.1, -0.05) is 12.2 Å². The van der Waals surface area contributed by atoms with E-state index in [1.165, 1.54) is 19.3 Å². The number of rotatable bonds is 1. The van der Waals surface area contributed by atoms with E-state index < -0.39 is 0 Å². The summed E-state index contributed by atoms with van der Waals surface area (Å²) >= 11 is 5.91. The van der Waals surface area contributed by atoms with Crippen molar-refractivity contribution in [3.63, 3.8) is 0 Å². The van der Waals surface area contributed by atoms with E-state index in [2.05, 4.69) is 12.2 Å². The van der Waals surface area contributed by atoms with Gasteiger partial charge in [0.25, 0.3) is 0 Å². The Balaban J connectivity index is 1.82. The smallest absolute Gasteiger partial charge is 0.0251 e. The lowest BCUT2D eigenvalue weighted by atomic mass is 9.86. The molecular formula is C11H15Cl. The molecule has 0 nitrogen and oxygen atoms in total. The van der Waals surface area contributed by atoms with Gasteiger partial charge < -0.3 is 0 Å². The summed E-state index contributed by atoms with van der Waals surface area (Å²) in [6.07, 6.45) is 9.22. The van der Waals surface area contributed by atoms with E-state index in [1.54, 1.807) is 0 Å². The monoisotopic (exact) mass is 182 g/mol. The first-order valence-electron chi connectivity index (χ1n) is 5.12. The van der Waals surface area contributed by atoms with Gasteiger partial charge in [-0.3, -0.25) is 0 Å². The van der Waals surface area contributed by atoms with Crippen molar-refractivity contribution in [1.82, 2.24) is 0 Å². The maximum atomic E-state index is 5.91. The van der Waals surface area contributed by atoms with Crippen LogP contribution in [0.15, 0.2) is 12.2 Å². The molecule has 0 spiro atoms. The fourth-order valence-electron chi connectivity index (χ4n) is 3.72. The van der Waals surface area contributed by atoms with Crippen LogP contribution < -0.4 is 0 Å². The summed E-state index contributed by atoms with van der Waals surface area (Å²) in [6.45, 7) is 0. The summed E-state index contributed by atoms with van der Waals surface area (Å²) in [5, 5.41) is 0. The molecule has 0 radical (unpaired) electrons. The van der Waals surface area contributed by atoms with Crippen LogP contribution in [0, 0.1) is 29.6 Å². The van der Waals surface area contributed by atoms with Crippen molar-refractivity contribution in [3.8, 4) is 0 Å². The highest BCUT2D eigenvalue weighted by molar-refractivity contribution is 6.18. The number of alkyl halides is 1. The Morgan fingerprint density at radius 3 is 2.08 bits per heavy atom. The largest absolute Gasteiger partial charge is 0.126 e. The molecule has 0 aromatic rings. The zero-order chi connectivity index (χ0) is 8.13. The van der Waals surface area contributed by atoms with Gasteiger partial charge in [-0.05, 0) is 48.9 Å². The van der Waals surface area contributed by atoms with Crippen LogP contribution in [0.25, 0.3) is 0 Å². The van der Waals surface area contributed by atoms with Gasteiger partial charge in [0.1, 0.15) is 0 Å². The van der Waals surface area contributed by atoms with Crippen molar-refractivity contribution < 1.29 is 0 Å². The number of hydrogen-bond acceptors (Lipinski definition) is 0. The molecule has 2 fully saturated rings. The second-order valence-corrected chi connectivity index (χ2v) is 5.08. The van der Waals surface area contributed by atoms with E-state index in [0.29, 0.717) is 0 Å². The molecule has 0 aromatic carbocycles. The lowest BCUT2D eigenvalue weighted by molar-refractivity contribution is 0.364. The highest BCUT2D eigenvalue weighted by atomic mass is 35.5. The minimum Gasteiger partial charge on any atom is -0.126 e.